The van der Waals surface area contributed by atoms with E-state index < -0.39 is 0 Å². The van der Waals surface area contributed by atoms with E-state index in [2.05, 4.69) is 104 Å². The highest BCUT2D eigenvalue weighted by Gasteiger charge is 1.94. The molecule has 0 bridgehead atoms. The van der Waals surface area contributed by atoms with E-state index in [4.69, 9.17) is 0 Å². The Morgan fingerprint density at radius 1 is 0.400 bits per heavy atom. The van der Waals surface area contributed by atoms with Crippen molar-refractivity contribution in [1.82, 2.24) is 0 Å². The average molecular weight is 337 g/mol. The van der Waals surface area contributed by atoms with Crippen molar-refractivity contribution < 1.29 is 0 Å². The lowest BCUT2D eigenvalue weighted by molar-refractivity contribution is 1.30. The van der Waals surface area contributed by atoms with Crippen molar-refractivity contribution >= 4 is 0 Å². The van der Waals surface area contributed by atoms with Crippen LogP contribution in [0.4, 0.5) is 0 Å². The standard InChI is InChI=1S/C25H36/c1-10-11-12-20(4)22(6)15-16-24(8)25(9)18-17-23(7)21(5)14-13-19(2)3/h10-18H,1-9H3/b11-10-,20-12+,21-14+,22-15+,23-17+,24-16+,25-18+. The van der Waals surface area contributed by atoms with E-state index in [0.29, 0.717) is 0 Å². The normalized spacial score (nSPS) is 15.9. The number of hydrogen-bond acceptors (Lipinski definition) is 0. The van der Waals surface area contributed by atoms with E-state index in [1.54, 1.807) is 0 Å². The van der Waals surface area contributed by atoms with Crippen molar-refractivity contribution in [1.29, 1.82) is 0 Å². The molecule has 136 valence electrons. The predicted molar refractivity (Wildman–Crippen MR) is 117 cm³/mol. The van der Waals surface area contributed by atoms with Gasteiger partial charge in [-0.2, -0.15) is 0 Å². The van der Waals surface area contributed by atoms with Crippen LogP contribution < -0.4 is 0 Å². The van der Waals surface area contributed by atoms with E-state index in [9.17, 15) is 0 Å². The molecule has 0 saturated heterocycles. The van der Waals surface area contributed by atoms with Crippen LogP contribution in [0, 0.1) is 0 Å². The van der Waals surface area contributed by atoms with Gasteiger partial charge in [0.05, 0.1) is 0 Å². The maximum atomic E-state index is 2.20. The van der Waals surface area contributed by atoms with Crippen LogP contribution in [0.1, 0.15) is 62.3 Å². The Labute approximate surface area is 156 Å². The van der Waals surface area contributed by atoms with Crippen LogP contribution in [-0.2, 0) is 0 Å². The lowest BCUT2D eigenvalue weighted by Gasteiger charge is -2.03. The molecule has 0 fully saturated rings. The molecule has 0 unspecified atom stereocenters. The zero-order chi connectivity index (χ0) is 19.4. The molecule has 0 radical (unpaired) electrons. The predicted octanol–water partition coefficient (Wildman–Crippen LogP) is 8.21. The van der Waals surface area contributed by atoms with Gasteiger partial charge < -0.3 is 0 Å². The van der Waals surface area contributed by atoms with E-state index >= 15 is 0 Å². The zero-order valence-corrected chi connectivity index (χ0v) is 17.7. The van der Waals surface area contributed by atoms with Gasteiger partial charge in [-0.05, 0) is 95.8 Å². The summed E-state index contributed by atoms with van der Waals surface area (Å²) in [6.07, 6.45) is 19.4. The van der Waals surface area contributed by atoms with Gasteiger partial charge >= 0.3 is 0 Å². The summed E-state index contributed by atoms with van der Waals surface area (Å²) in [7, 11) is 0. The molecular weight excluding hydrogens is 300 g/mol. The van der Waals surface area contributed by atoms with Crippen molar-refractivity contribution in [2.75, 3.05) is 0 Å². The SMILES string of the molecule is C\C=C/C=C(C)/C(C)=C/C=C(C)/C(C)=C/C=C(C)/C(C)=C/C=C(C)C. The van der Waals surface area contributed by atoms with Gasteiger partial charge in [0.15, 0.2) is 0 Å². The maximum Gasteiger partial charge on any atom is -0.0395 e. The largest absolute Gasteiger partial charge is 0.0877 e. The van der Waals surface area contributed by atoms with Crippen LogP contribution in [0.25, 0.3) is 0 Å². The van der Waals surface area contributed by atoms with Gasteiger partial charge in [-0.25, -0.2) is 0 Å². The summed E-state index contributed by atoms with van der Waals surface area (Å²) < 4.78 is 0. The number of rotatable bonds is 7. The molecule has 0 aliphatic heterocycles. The van der Waals surface area contributed by atoms with Gasteiger partial charge in [0.2, 0.25) is 0 Å². The first-order chi connectivity index (χ1) is 11.7. The minimum atomic E-state index is 1.29. The molecule has 0 spiro atoms. The summed E-state index contributed by atoms with van der Waals surface area (Å²) in [5.74, 6) is 0. The molecule has 25 heavy (non-hydrogen) atoms. The minimum Gasteiger partial charge on any atom is -0.0877 e. The van der Waals surface area contributed by atoms with Crippen molar-refractivity contribution in [3.63, 3.8) is 0 Å². The summed E-state index contributed by atoms with van der Waals surface area (Å²) in [4.78, 5) is 0. The summed E-state index contributed by atoms with van der Waals surface area (Å²) in [5, 5.41) is 0. The molecule has 0 heterocycles. The van der Waals surface area contributed by atoms with Crippen LogP contribution in [0.5, 0.6) is 0 Å². The smallest absolute Gasteiger partial charge is 0.0395 e. The summed E-state index contributed by atoms with van der Waals surface area (Å²) in [5.41, 5.74) is 9.06. The molecule has 0 atom stereocenters. The fourth-order valence-electron chi connectivity index (χ4n) is 1.82. The highest BCUT2D eigenvalue weighted by atomic mass is 14.0. The number of allylic oxidation sites excluding steroid dienone is 16. The Bertz CT molecular complexity index is 674. The number of hydrogen-bond donors (Lipinski definition) is 0. The summed E-state index contributed by atoms with van der Waals surface area (Å²) in [6.45, 7) is 19.2. The fraction of sp³-hybridized carbons (Fsp3) is 0.360. The van der Waals surface area contributed by atoms with Crippen LogP contribution in [0.15, 0.2) is 93.7 Å². The van der Waals surface area contributed by atoms with Gasteiger partial charge in [-0.3, -0.25) is 0 Å². The molecular formula is C25H36. The molecule has 0 N–H and O–H groups in total. The van der Waals surface area contributed by atoms with Crippen molar-refractivity contribution in [2.45, 2.75) is 62.3 Å². The molecule has 0 aliphatic carbocycles. The quantitative estimate of drug-likeness (QED) is 0.411. The molecule has 0 heteroatoms. The molecule has 0 saturated carbocycles. The first kappa shape index (κ1) is 22.9. The Kier molecular flexibility index (Phi) is 11.3. The Morgan fingerprint density at radius 3 is 0.960 bits per heavy atom. The molecule has 0 aromatic carbocycles. The Morgan fingerprint density at radius 2 is 0.680 bits per heavy atom. The lowest BCUT2D eigenvalue weighted by atomic mass is 10.0. The van der Waals surface area contributed by atoms with Gasteiger partial charge in [0, 0.05) is 0 Å². The van der Waals surface area contributed by atoms with Gasteiger partial charge in [0.1, 0.15) is 0 Å². The van der Waals surface area contributed by atoms with Crippen LogP contribution >= 0.6 is 0 Å². The maximum absolute atomic E-state index is 2.20. The Balaban J connectivity index is 5.24. The summed E-state index contributed by atoms with van der Waals surface area (Å²) in [6, 6.07) is 0. The van der Waals surface area contributed by atoms with E-state index in [-0.39, 0.29) is 0 Å². The van der Waals surface area contributed by atoms with E-state index in [1.807, 2.05) is 13.0 Å². The first-order valence-corrected chi connectivity index (χ1v) is 9.01. The molecule has 0 aromatic rings. The van der Waals surface area contributed by atoms with Crippen molar-refractivity contribution in [2.24, 2.45) is 0 Å². The Hall–Kier alpha value is -2.08. The monoisotopic (exact) mass is 336 g/mol. The highest BCUT2D eigenvalue weighted by molar-refractivity contribution is 5.40. The van der Waals surface area contributed by atoms with Gasteiger partial charge in [-0.1, -0.05) is 60.3 Å². The topological polar surface area (TPSA) is 0 Å². The average Bonchev–Trinajstić information content (AvgIpc) is 2.58. The second-order valence-corrected chi connectivity index (χ2v) is 6.87. The third-order valence-electron chi connectivity index (χ3n) is 4.24. The highest BCUT2D eigenvalue weighted by Crippen LogP contribution is 2.15. The summed E-state index contributed by atoms with van der Waals surface area (Å²) >= 11 is 0. The molecule has 0 aromatic heterocycles. The van der Waals surface area contributed by atoms with E-state index in [1.165, 1.54) is 39.0 Å². The second-order valence-electron chi connectivity index (χ2n) is 6.87. The second kappa shape index (κ2) is 12.3. The van der Waals surface area contributed by atoms with Gasteiger partial charge in [0.25, 0.3) is 0 Å². The van der Waals surface area contributed by atoms with Crippen LogP contribution in [0.2, 0.25) is 0 Å². The zero-order valence-electron chi connectivity index (χ0n) is 17.7. The molecule has 0 amide bonds. The molecule has 0 rings (SSSR count). The van der Waals surface area contributed by atoms with Crippen LogP contribution in [0.3, 0.4) is 0 Å². The van der Waals surface area contributed by atoms with Gasteiger partial charge in [-0.15, -0.1) is 0 Å². The third-order valence-corrected chi connectivity index (χ3v) is 4.24. The third kappa shape index (κ3) is 10.4. The minimum absolute atomic E-state index is 1.29. The van der Waals surface area contributed by atoms with E-state index in [0.717, 1.165) is 0 Å². The van der Waals surface area contributed by atoms with Crippen LogP contribution in [-0.4, -0.2) is 0 Å². The first-order valence-electron chi connectivity index (χ1n) is 9.01. The fourth-order valence-corrected chi connectivity index (χ4v) is 1.82. The lowest BCUT2D eigenvalue weighted by Crippen LogP contribution is -1.82. The van der Waals surface area contributed by atoms with Crippen molar-refractivity contribution in [3.8, 4) is 0 Å². The van der Waals surface area contributed by atoms with Crippen molar-refractivity contribution in [3.05, 3.63) is 93.7 Å². The molecule has 0 aliphatic rings. The molecule has 0 nitrogen and oxygen atoms in total.